The molecule has 0 atom stereocenters. The lowest BCUT2D eigenvalue weighted by Crippen LogP contribution is -2.38. The van der Waals surface area contributed by atoms with Gasteiger partial charge in [-0.1, -0.05) is 11.2 Å². The summed E-state index contributed by atoms with van der Waals surface area (Å²) in [5.41, 5.74) is 0.672. The summed E-state index contributed by atoms with van der Waals surface area (Å²) in [6.45, 7) is 3.13. The lowest BCUT2D eigenvalue weighted by molar-refractivity contribution is -0.131. The Bertz CT molecular complexity index is 958. The molecule has 1 N–H and O–H groups in total. The van der Waals surface area contributed by atoms with E-state index in [4.69, 9.17) is 4.52 Å². The lowest BCUT2D eigenvalue weighted by Gasteiger charge is -2.30. The van der Waals surface area contributed by atoms with Gasteiger partial charge in [0.15, 0.2) is 11.0 Å². The summed E-state index contributed by atoms with van der Waals surface area (Å²) in [6, 6.07) is 3.59. The molecule has 8 nitrogen and oxygen atoms in total. The summed E-state index contributed by atoms with van der Waals surface area (Å²) >= 11 is 2.70. The van der Waals surface area contributed by atoms with Crippen LogP contribution in [0.1, 0.15) is 45.8 Å². The number of nitrogens with one attached hydrogen (secondary N) is 1. The van der Waals surface area contributed by atoms with Crippen LogP contribution in [0.3, 0.4) is 0 Å². The standard InChI is InChI=1S/C18H19N5O3S2/c1-11-19-17(26-22-11)12-4-6-23(7-5-12)15(24)9-13-10-28-18(20-13)21-16(25)14-3-2-8-27-14/h2-3,8,10,12H,4-7,9H2,1H3,(H,20,21,25). The van der Waals surface area contributed by atoms with E-state index in [2.05, 4.69) is 20.4 Å². The third-order valence-corrected chi connectivity index (χ3v) is 6.26. The number of hydrogen-bond acceptors (Lipinski definition) is 8. The third-order valence-electron chi connectivity index (χ3n) is 4.59. The SMILES string of the molecule is Cc1noc(C2CCN(C(=O)Cc3csc(NC(=O)c4cccs4)n3)CC2)n1. The molecule has 1 saturated heterocycles. The highest BCUT2D eigenvalue weighted by atomic mass is 32.1. The van der Waals surface area contributed by atoms with Crippen LogP contribution in [0, 0.1) is 6.92 Å². The van der Waals surface area contributed by atoms with Gasteiger partial charge in [-0.3, -0.25) is 14.9 Å². The number of anilines is 1. The predicted octanol–water partition coefficient (Wildman–Crippen LogP) is 3.10. The first kappa shape index (κ1) is 18.8. The Morgan fingerprint density at radius 1 is 1.29 bits per heavy atom. The molecule has 28 heavy (non-hydrogen) atoms. The van der Waals surface area contributed by atoms with Crippen molar-refractivity contribution in [2.75, 3.05) is 18.4 Å². The van der Waals surface area contributed by atoms with Crippen LogP contribution in [-0.2, 0) is 11.2 Å². The second kappa shape index (κ2) is 8.19. The highest BCUT2D eigenvalue weighted by Gasteiger charge is 2.27. The molecule has 0 saturated carbocycles. The lowest BCUT2D eigenvalue weighted by atomic mass is 9.96. The van der Waals surface area contributed by atoms with Crippen molar-refractivity contribution < 1.29 is 14.1 Å². The van der Waals surface area contributed by atoms with Crippen LogP contribution in [-0.4, -0.2) is 44.9 Å². The number of carbonyl (C=O) groups excluding carboxylic acids is 2. The van der Waals surface area contributed by atoms with E-state index in [0.29, 0.717) is 40.5 Å². The van der Waals surface area contributed by atoms with Gasteiger partial charge < -0.3 is 9.42 Å². The number of aryl methyl sites for hydroxylation is 1. The fourth-order valence-electron chi connectivity index (χ4n) is 3.13. The Morgan fingerprint density at radius 2 is 2.11 bits per heavy atom. The minimum absolute atomic E-state index is 0.0431. The second-order valence-electron chi connectivity index (χ2n) is 6.59. The molecule has 0 aliphatic carbocycles. The quantitative estimate of drug-likeness (QED) is 0.684. The predicted molar refractivity (Wildman–Crippen MR) is 106 cm³/mol. The maximum atomic E-state index is 12.6. The first-order chi connectivity index (χ1) is 13.6. The Morgan fingerprint density at radius 3 is 2.79 bits per heavy atom. The average molecular weight is 418 g/mol. The van der Waals surface area contributed by atoms with Gasteiger partial charge in [-0.05, 0) is 31.2 Å². The number of nitrogens with zero attached hydrogens (tertiary/aromatic N) is 4. The molecule has 3 aromatic rings. The zero-order valence-electron chi connectivity index (χ0n) is 15.3. The molecule has 3 aromatic heterocycles. The topological polar surface area (TPSA) is 101 Å². The molecule has 0 spiro atoms. The van der Waals surface area contributed by atoms with Gasteiger partial charge in [0, 0.05) is 24.4 Å². The van der Waals surface area contributed by atoms with Gasteiger partial charge in [-0.2, -0.15) is 4.98 Å². The van der Waals surface area contributed by atoms with Crippen molar-refractivity contribution >= 4 is 39.6 Å². The second-order valence-corrected chi connectivity index (χ2v) is 8.39. The molecular formula is C18H19N5O3S2. The Hall–Kier alpha value is -2.59. The monoisotopic (exact) mass is 417 g/mol. The number of thiazole rings is 1. The summed E-state index contributed by atoms with van der Waals surface area (Å²) < 4.78 is 5.25. The van der Waals surface area contributed by atoms with Crippen molar-refractivity contribution in [2.45, 2.75) is 32.1 Å². The molecule has 4 heterocycles. The molecule has 0 unspecified atom stereocenters. The van der Waals surface area contributed by atoms with E-state index in [0.717, 1.165) is 12.8 Å². The van der Waals surface area contributed by atoms with Crippen molar-refractivity contribution in [2.24, 2.45) is 0 Å². The van der Waals surface area contributed by atoms with E-state index in [1.807, 2.05) is 21.7 Å². The normalized spacial score (nSPS) is 15.0. The van der Waals surface area contributed by atoms with Crippen molar-refractivity contribution in [1.82, 2.24) is 20.0 Å². The summed E-state index contributed by atoms with van der Waals surface area (Å²) in [7, 11) is 0. The summed E-state index contributed by atoms with van der Waals surface area (Å²) in [6.07, 6.45) is 1.86. The van der Waals surface area contributed by atoms with Crippen molar-refractivity contribution in [3.8, 4) is 0 Å². The molecular weight excluding hydrogens is 398 g/mol. The molecule has 146 valence electrons. The molecule has 0 aromatic carbocycles. The van der Waals surface area contributed by atoms with Crippen LogP contribution >= 0.6 is 22.7 Å². The smallest absolute Gasteiger partial charge is 0.267 e. The molecule has 4 rings (SSSR count). The van der Waals surface area contributed by atoms with Gasteiger partial charge in [-0.15, -0.1) is 22.7 Å². The van der Waals surface area contributed by atoms with Crippen LogP contribution in [0.5, 0.6) is 0 Å². The van der Waals surface area contributed by atoms with E-state index in [-0.39, 0.29) is 24.2 Å². The number of piperidine rings is 1. The minimum Gasteiger partial charge on any atom is -0.342 e. The number of likely N-dealkylation sites (tertiary alicyclic amines) is 1. The van der Waals surface area contributed by atoms with Crippen LogP contribution in [0.15, 0.2) is 27.4 Å². The fourth-order valence-corrected chi connectivity index (χ4v) is 4.46. The van der Waals surface area contributed by atoms with Crippen LogP contribution in [0.25, 0.3) is 0 Å². The maximum absolute atomic E-state index is 12.6. The Balaban J connectivity index is 1.28. The molecule has 0 bridgehead atoms. The van der Waals surface area contributed by atoms with Gasteiger partial charge in [0.2, 0.25) is 11.8 Å². The summed E-state index contributed by atoms with van der Waals surface area (Å²) in [4.78, 5) is 35.8. The molecule has 2 amide bonds. The van der Waals surface area contributed by atoms with Gasteiger partial charge in [-0.25, -0.2) is 4.98 Å². The highest BCUT2D eigenvalue weighted by molar-refractivity contribution is 7.14. The third kappa shape index (κ3) is 4.28. The number of aromatic nitrogens is 3. The number of rotatable bonds is 5. The zero-order valence-corrected chi connectivity index (χ0v) is 16.9. The molecule has 1 aliphatic rings. The van der Waals surface area contributed by atoms with Gasteiger partial charge in [0.05, 0.1) is 17.0 Å². The average Bonchev–Trinajstić information content (AvgIpc) is 3.44. The Kier molecular flexibility index (Phi) is 5.49. The van der Waals surface area contributed by atoms with Gasteiger partial charge in [0.25, 0.3) is 5.91 Å². The molecule has 0 radical (unpaired) electrons. The van der Waals surface area contributed by atoms with Crippen LogP contribution in [0.2, 0.25) is 0 Å². The molecule has 1 aliphatic heterocycles. The highest BCUT2D eigenvalue weighted by Crippen LogP contribution is 2.27. The largest absolute Gasteiger partial charge is 0.342 e. The van der Waals surface area contributed by atoms with E-state index < -0.39 is 0 Å². The zero-order chi connectivity index (χ0) is 19.5. The van der Waals surface area contributed by atoms with Gasteiger partial charge in [0.1, 0.15) is 0 Å². The summed E-state index contributed by atoms with van der Waals surface area (Å²) in [5, 5.41) is 10.8. The Labute approximate surface area is 169 Å². The van der Waals surface area contributed by atoms with Crippen molar-refractivity contribution in [3.63, 3.8) is 0 Å². The number of carbonyl (C=O) groups is 2. The number of thiophene rings is 1. The number of hydrogen-bond donors (Lipinski definition) is 1. The first-order valence-corrected chi connectivity index (χ1v) is 10.7. The maximum Gasteiger partial charge on any atom is 0.267 e. The number of amides is 2. The van der Waals surface area contributed by atoms with E-state index >= 15 is 0 Å². The van der Waals surface area contributed by atoms with Gasteiger partial charge >= 0.3 is 0 Å². The van der Waals surface area contributed by atoms with Crippen LogP contribution in [0.4, 0.5) is 5.13 Å². The minimum atomic E-state index is -0.180. The first-order valence-electron chi connectivity index (χ1n) is 8.95. The molecule has 10 heteroatoms. The summed E-state index contributed by atoms with van der Waals surface area (Å²) in [5.74, 6) is 1.37. The van der Waals surface area contributed by atoms with Crippen LogP contribution < -0.4 is 5.32 Å². The fraction of sp³-hybridized carbons (Fsp3) is 0.389. The molecule has 1 fully saturated rings. The van der Waals surface area contributed by atoms with E-state index in [1.54, 1.807) is 13.0 Å². The van der Waals surface area contributed by atoms with E-state index in [1.165, 1.54) is 22.7 Å². The van der Waals surface area contributed by atoms with E-state index in [9.17, 15) is 9.59 Å². The van der Waals surface area contributed by atoms with Crippen molar-refractivity contribution in [3.05, 3.63) is 45.2 Å². The van der Waals surface area contributed by atoms with Crippen molar-refractivity contribution in [1.29, 1.82) is 0 Å².